The summed E-state index contributed by atoms with van der Waals surface area (Å²) in [6.07, 6.45) is 7.99. The number of nitrogens with zero attached hydrogens (tertiary/aromatic N) is 1. The molecule has 0 aromatic heterocycles. The standard InChI is InChI=1S/C17H27N/c1-3-7-15(2)14-16-8-10-17(11-9-16)18-12-5-4-6-13-18/h8-11,15H,3-7,12-14H2,1-2H3. The second-order valence-corrected chi connectivity index (χ2v) is 5.81. The topological polar surface area (TPSA) is 3.24 Å². The summed E-state index contributed by atoms with van der Waals surface area (Å²) in [5.41, 5.74) is 2.92. The Morgan fingerprint density at radius 3 is 2.33 bits per heavy atom. The molecular weight excluding hydrogens is 218 g/mol. The Kier molecular flexibility index (Phi) is 5.10. The van der Waals surface area contributed by atoms with Gasteiger partial charge in [-0.2, -0.15) is 0 Å². The van der Waals surface area contributed by atoms with Crippen molar-refractivity contribution < 1.29 is 0 Å². The van der Waals surface area contributed by atoms with Crippen molar-refractivity contribution in [2.45, 2.75) is 52.4 Å². The molecule has 1 nitrogen and oxygen atoms in total. The third-order valence-electron chi connectivity index (χ3n) is 4.02. The van der Waals surface area contributed by atoms with Gasteiger partial charge >= 0.3 is 0 Å². The molecule has 1 heterocycles. The molecule has 18 heavy (non-hydrogen) atoms. The third kappa shape index (κ3) is 3.76. The van der Waals surface area contributed by atoms with E-state index in [1.165, 1.54) is 62.9 Å². The second-order valence-electron chi connectivity index (χ2n) is 5.81. The first-order chi connectivity index (χ1) is 8.79. The predicted octanol–water partition coefficient (Wildman–Crippen LogP) is 4.66. The van der Waals surface area contributed by atoms with Crippen molar-refractivity contribution in [1.82, 2.24) is 0 Å². The molecule has 0 bridgehead atoms. The van der Waals surface area contributed by atoms with E-state index in [1.54, 1.807) is 0 Å². The summed E-state index contributed by atoms with van der Waals surface area (Å²) in [5.74, 6) is 0.816. The fourth-order valence-electron chi connectivity index (χ4n) is 2.99. The molecule has 0 aliphatic carbocycles. The highest BCUT2D eigenvalue weighted by Gasteiger charge is 2.10. The molecule has 0 amide bonds. The van der Waals surface area contributed by atoms with E-state index >= 15 is 0 Å². The van der Waals surface area contributed by atoms with Crippen LogP contribution in [-0.2, 0) is 6.42 Å². The highest BCUT2D eigenvalue weighted by atomic mass is 15.1. The first kappa shape index (κ1) is 13.5. The minimum absolute atomic E-state index is 0.816. The van der Waals surface area contributed by atoms with Gasteiger partial charge in [0.15, 0.2) is 0 Å². The molecule has 1 aromatic carbocycles. The SMILES string of the molecule is CCCC(C)Cc1ccc(N2CCCCC2)cc1. The molecule has 1 aliphatic heterocycles. The minimum Gasteiger partial charge on any atom is -0.372 e. The zero-order valence-electron chi connectivity index (χ0n) is 12.0. The Labute approximate surface area is 112 Å². The van der Waals surface area contributed by atoms with Crippen LogP contribution in [0.3, 0.4) is 0 Å². The summed E-state index contributed by atoms with van der Waals surface area (Å²) in [6, 6.07) is 9.30. The molecule has 0 saturated carbocycles. The molecule has 1 atom stereocenters. The van der Waals surface area contributed by atoms with Crippen LogP contribution < -0.4 is 4.90 Å². The Morgan fingerprint density at radius 1 is 1.06 bits per heavy atom. The van der Waals surface area contributed by atoms with E-state index < -0.39 is 0 Å². The quantitative estimate of drug-likeness (QED) is 0.729. The fraction of sp³-hybridized carbons (Fsp3) is 0.647. The minimum atomic E-state index is 0.816. The van der Waals surface area contributed by atoms with Crippen molar-refractivity contribution in [3.8, 4) is 0 Å². The summed E-state index contributed by atoms with van der Waals surface area (Å²) in [6.45, 7) is 7.12. The highest BCUT2D eigenvalue weighted by molar-refractivity contribution is 5.47. The van der Waals surface area contributed by atoms with Crippen molar-refractivity contribution in [3.63, 3.8) is 0 Å². The zero-order valence-corrected chi connectivity index (χ0v) is 12.0. The Morgan fingerprint density at radius 2 is 1.72 bits per heavy atom. The average molecular weight is 245 g/mol. The van der Waals surface area contributed by atoms with E-state index in [0.717, 1.165) is 5.92 Å². The molecule has 0 spiro atoms. The first-order valence-corrected chi connectivity index (χ1v) is 7.63. The van der Waals surface area contributed by atoms with Gasteiger partial charge in [-0.05, 0) is 49.3 Å². The monoisotopic (exact) mass is 245 g/mol. The van der Waals surface area contributed by atoms with Crippen molar-refractivity contribution in [1.29, 1.82) is 0 Å². The van der Waals surface area contributed by atoms with Gasteiger partial charge in [0.1, 0.15) is 0 Å². The van der Waals surface area contributed by atoms with E-state index in [9.17, 15) is 0 Å². The van der Waals surface area contributed by atoms with Crippen molar-refractivity contribution in [2.24, 2.45) is 5.92 Å². The van der Waals surface area contributed by atoms with Gasteiger partial charge in [0.25, 0.3) is 0 Å². The number of hydrogen-bond donors (Lipinski definition) is 0. The number of piperidine rings is 1. The highest BCUT2D eigenvalue weighted by Crippen LogP contribution is 2.21. The number of anilines is 1. The Hall–Kier alpha value is -0.980. The molecule has 1 saturated heterocycles. The molecule has 0 radical (unpaired) electrons. The predicted molar refractivity (Wildman–Crippen MR) is 80.3 cm³/mol. The summed E-state index contributed by atoms with van der Waals surface area (Å²) in [7, 11) is 0. The lowest BCUT2D eigenvalue weighted by molar-refractivity contribution is 0.522. The van der Waals surface area contributed by atoms with Crippen LogP contribution in [0.25, 0.3) is 0 Å². The molecule has 1 unspecified atom stereocenters. The third-order valence-corrected chi connectivity index (χ3v) is 4.02. The van der Waals surface area contributed by atoms with E-state index in [0.29, 0.717) is 0 Å². The summed E-state index contributed by atoms with van der Waals surface area (Å²) < 4.78 is 0. The smallest absolute Gasteiger partial charge is 0.0366 e. The van der Waals surface area contributed by atoms with E-state index in [2.05, 4.69) is 43.0 Å². The van der Waals surface area contributed by atoms with Gasteiger partial charge in [-0.15, -0.1) is 0 Å². The molecule has 1 aromatic rings. The van der Waals surface area contributed by atoms with Crippen LogP contribution in [0.4, 0.5) is 5.69 Å². The zero-order chi connectivity index (χ0) is 12.8. The largest absolute Gasteiger partial charge is 0.372 e. The molecule has 100 valence electrons. The van der Waals surface area contributed by atoms with E-state index in [1.807, 2.05) is 0 Å². The Balaban J connectivity index is 1.92. The molecule has 1 aliphatic rings. The second kappa shape index (κ2) is 6.82. The first-order valence-electron chi connectivity index (χ1n) is 7.63. The van der Waals surface area contributed by atoms with Gasteiger partial charge in [-0.25, -0.2) is 0 Å². The summed E-state index contributed by atoms with van der Waals surface area (Å²) in [5, 5.41) is 0. The van der Waals surface area contributed by atoms with Crippen molar-refractivity contribution >= 4 is 5.69 Å². The van der Waals surface area contributed by atoms with Gasteiger partial charge in [-0.1, -0.05) is 38.8 Å². The van der Waals surface area contributed by atoms with Gasteiger partial charge in [-0.3, -0.25) is 0 Å². The Bertz CT molecular complexity index is 335. The molecule has 1 heteroatoms. The van der Waals surface area contributed by atoms with Crippen LogP contribution in [-0.4, -0.2) is 13.1 Å². The van der Waals surface area contributed by atoms with Crippen LogP contribution in [0.5, 0.6) is 0 Å². The van der Waals surface area contributed by atoms with Gasteiger partial charge < -0.3 is 4.90 Å². The maximum atomic E-state index is 2.53. The number of hydrogen-bond acceptors (Lipinski definition) is 1. The van der Waals surface area contributed by atoms with Gasteiger partial charge in [0.05, 0.1) is 0 Å². The van der Waals surface area contributed by atoms with Crippen LogP contribution >= 0.6 is 0 Å². The lowest BCUT2D eigenvalue weighted by Gasteiger charge is -2.29. The van der Waals surface area contributed by atoms with Crippen molar-refractivity contribution in [2.75, 3.05) is 18.0 Å². The molecule has 2 rings (SSSR count). The van der Waals surface area contributed by atoms with Crippen LogP contribution in [0.15, 0.2) is 24.3 Å². The maximum absolute atomic E-state index is 2.53. The molecule has 0 N–H and O–H groups in total. The van der Waals surface area contributed by atoms with Crippen LogP contribution in [0, 0.1) is 5.92 Å². The van der Waals surface area contributed by atoms with Gasteiger partial charge in [0.2, 0.25) is 0 Å². The van der Waals surface area contributed by atoms with Crippen LogP contribution in [0.2, 0.25) is 0 Å². The average Bonchev–Trinajstić information content (AvgIpc) is 2.41. The summed E-state index contributed by atoms with van der Waals surface area (Å²) in [4.78, 5) is 2.53. The lowest BCUT2D eigenvalue weighted by atomic mass is 9.97. The lowest BCUT2D eigenvalue weighted by Crippen LogP contribution is -2.29. The summed E-state index contributed by atoms with van der Waals surface area (Å²) >= 11 is 0. The maximum Gasteiger partial charge on any atom is 0.0366 e. The normalized spacial score (nSPS) is 17.8. The van der Waals surface area contributed by atoms with E-state index in [-0.39, 0.29) is 0 Å². The fourth-order valence-corrected chi connectivity index (χ4v) is 2.99. The number of benzene rings is 1. The van der Waals surface area contributed by atoms with Crippen LogP contribution in [0.1, 0.15) is 51.5 Å². The van der Waals surface area contributed by atoms with Gasteiger partial charge in [0, 0.05) is 18.8 Å². The van der Waals surface area contributed by atoms with Crippen molar-refractivity contribution in [3.05, 3.63) is 29.8 Å². The number of rotatable bonds is 5. The molecular formula is C17H27N. The molecule has 1 fully saturated rings. The van der Waals surface area contributed by atoms with E-state index in [4.69, 9.17) is 0 Å².